The Balaban J connectivity index is 2.26. The van der Waals surface area contributed by atoms with Gasteiger partial charge in [-0.15, -0.1) is 0 Å². The molecule has 7 heteroatoms. The molecule has 18 heavy (non-hydrogen) atoms. The summed E-state index contributed by atoms with van der Waals surface area (Å²) in [6.45, 7) is 1.86. The number of aromatic nitrogens is 2. The van der Waals surface area contributed by atoms with Crippen LogP contribution in [0.4, 0.5) is 0 Å². The fraction of sp³-hybridized carbons (Fsp3) is 0.636. The van der Waals surface area contributed by atoms with Crippen molar-refractivity contribution in [2.24, 2.45) is 0 Å². The van der Waals surface area contributed by atoms with Gasteiger partial charge >= 0.3 is 5.69 Å². The molecular formula is C11H16N2O5. The number of nitrogens with zero attached hydrogens (tertiary/aromatic N) is 1. The van der Waals surface area contributed by atoms with Crippen LogP contribution >= 0.6 is 0 Å². The van der Waals surface area contributed by atoms with E-state index in [0.717, 1.165) is 0 Å². The van der Waals surface area contributed by atoms with Gasteiger partial charge in [0.25, 0.3) is 5.56 Å². The lowest BCUT2D eigenvalue weighted by Gasteiger charge is -2.15. The molecule has 1 aliphatic rings. The molecule has 1 saturated heterocycles. The average Bonchev–Trinajstić information content (AvgIpc) is 2.66. The second kappa shape index (κ2) is 5.05. The van der Waals surface area contributed by atoms with Gasteiger partial charge in [0.2, 0.25) is 0 Å². The van der Waals surface area contributed by atoms with E-state index >= 15 is 0 Å². The number of hydrogen-bond donors (Lipinski definition) is 2. The number of aromatic amines is 1. The Morgan fingerprint density at radius 1 is 1.61 bits per heavy atom. The molecule has 2 N–H and O–H groups in total. The average molecular weight is 256 g/mol. The van der Waals surface area contributed by atoms with Crippen molar-refractivity contribution in [1.29, 1.82) is 0 Å². The summed E-state index contributed by atoms with van der Waals surface area (Å²) in [6.07, 6.45) is 0.00378. The summed E-state index contributed by atoms with van der Waals surface area (Å²) in [5.41, 5.74) is -0.535. The quantitative estimate of drug-likeness (QED) is 0.734. The minimum Gasteiger partial charge on any atom is -0.390 e. The van der Waals surface area contributed by atoms with E-state index < -0.39 is 29.7 Å². The highest BCUT2D eigenvalue weighted by Gasteiger charge is 2.35. The number of ether oxygens (including phenoxy) is 2. The maximum atomic E-state index is 11.7. The Morgan fingerprint density at radius 3 is 3.00 bits per heavy atom. The largest absolute Gasteiger partial charge is 0.390 e. The number of aliphatic hydroxyl groups excluding tert-OH is 1. The lowest BCUT2D eigenvalue weighted by atomic mass is 10.2. The molecule has 0 aliphatic carbocycles. The van der Waals surface area contributed by atoms with Gasteiger partial charge in [-0.05, 0) is 6.92 Å². The number of hydrogen-bond acceptors (Lipinski definition) is 5. The van der Waals surface area contributed by atoms with E-state index in [1.54, 1.807) is 6.92 Å². The standard InChI is InChI=1S/C11H16N2O5/c1-6-4-13(11(16)12-10(6)15)9-3-7(14)8(18-9)5-17-2/h4,7-9,14H,3,5H2,1-2H3,(H,12,15,16)/t7-,8+,9+/m0/s1. The molecule has 7 nitrogen and oxygen atoms in total. The van der Waals surface area contributed by atoms with E-state index in [9.17, 15) is 14.7 Å². The molecule has 100 valence electrons. The Labute approximate surface area is 103 Å². The summed E-state index contributed by atoms with van der Waals surface area (Å²) in [5.74, 6) is 0. The van der Waals surface area contributed by atoms with Gasteiger partial charge in [-0.1, -0.05) is 0 Å². The zero-order valence-electron chi connectivity index (χ0n) is 10.3. The molecule has 1 aromatic rings. The van der Waals surface area contributed by atoms with Gasteiger partial charge in [0.15, 0.2) is 0 Å². The third-order valence-corrected chi connectivity index (χ3v) is 2.99. The van der Waals surface area contributed by atoms with Crippen molar-refractivity contribution in [2.75, 3.05) is 13.7 Å². The van der Waals surface area contributed by atoms with Crippen molar-refractivity contribution in [3.63, 3.8) is 0 Å². The topological polar surface area (TPSA) is 93.5 Å². The monoisotopic (exact) mass is 256 g/mol. The van der Waals surface area contributed by atoms with Crippen LogP contribution in [0, 0.1) is 6.92 Å². The number of nitrogens with one attached hydrogen (secondary N) is 1. The van der Waals surface area contributed by atoms with Crippen LogP contribution in [0.1, 0.15) is 18.2 Å². The number of aliphatic hydroxyl groups is 1. The van der Waals surface area contributed by atoms with E-state index in [4.69, 9.17) is 9.47 Å². The summed E-state index contributed by atoms with van der Waals surface area (Å²) in [4.78, 5) is 25.1. The van der Waals surface area contributed by atoms with Crippen LogP contribution in [0.2, 0.25) is 0 Å². The Hall–Kier alpha value is -1.44. The van der Waals surface area contributed by atoms with Crippen molar-refractivity contribution < 1.29 is 14.6 Å². The van der Waals surface area contributed by atoms with Gasteiger partial charge < -0.3 is 14.6 Å². The number of rotatable bonds is 3. The SMILES string of the molecule is COC[C@H]1O[C@@H](n2cc(C)c(=O)[nH]c2=O)C[C@@H]1O. The zero-order valence-corrected chi connectivity index (χ0v) is 10.3. The normalized spacial score (nSPS) is 27.6. The molecule has 0 aromatic carbocycles. The Kier molecular flexibility index (Phi) is 3.65. The molecule has 0 unspecified atom stereocenters. The van der Waals surface area contributed by atoms with Gasteiger partial charge in [-0.2, -0.15) is 0 Å². The third-order valence-electron chi connectivity index (χ3n) is 2.99. The van der Waals surface area contributed by atoms with Crippen LogP contribution in [-0.4, -0.2) is 40.6 Å². The lowest BCUT2D eigenvalue weighted by Crippen LogP contribution is -2.33. The van der Waals surface area contributed by atoms with Crippen LogP contribution in [0.5, 0.6) is 0 Å². The van der Waals surface area contributed by atoms with Gasteiger partial charge in [-0.25, -0.2) is 4.79 Å². The molecule has 2 heterocycles. The van der Waals surface area contributed by atoms with E-state index in [-0.39, 0.29) is 6.61 Å². The molecule has 1 aromatic heterocycles. The second-order valence-electron chi connectivity index (χ2n) is 4.37. The number of H-pyrrole nitrogens is 1. The van der Waals surface area contributed by atoms with Gasteiger partial charge in [0.05, 0.1) is 12.7 Å². The fourth-order valence-electron chi connectivity index (χ4n) is 2.00. The van der Waals surface area contributed by atoms with E-state index in [2.05, 4.69) is 4.98 Å². The minimum atomic E-state index is -0.686. The fourth-order valence-corrected chi connectivity index (χ4v) is 2.00. The summed E-state index contributed by atoms with van der Waals surface area (Å²) in [5, 5.41) is 9.77. The first-order valence-corrected chi connectivity index (χ1v) is 5.67. The predicted molar refractivity (Wildman–Crippen MR) is 62.5 cm³/mol. The zero-order chi connectivity index (χ0) is 13.3. The Bertz CT molecular complexity index is 535. The third kappa shape index (κ3) is 2.38. The van der Waals surface area contributed by atoms with Crippen molar-refractivity contribution in [3.05, 3.63) is 32.6 Å². The summed E-state index contributed by atoms with van der Waals surface area (Å²) < 4.78 is 11.8. The first-order valence-electron chi connectivity index (χ1n) is 5.67. The van der Waals surface area contributed by atoms with Gasteiger partial charge in [-0.3, -0.25) is 14.3 Å². The van der Waals surface area contributed by atoms with Crippen molar-refractivity contribution in [1.82, 2.24) is 9.55 Å². The molecule has 3 atom stereocenters. The van der Waals surface area contributed by atoms with Crippen LogP contribution < -0.4 is 11.2 Å². The van der Waals surface area contributed by atoms with Crippen molar-refractivity contribution in [3.8, 4) is 0 Å². The first kappa shape index (κ1) is 13.0. The van der Waals surface area contributed by atoms with Gasteiger partial charge in [0.1, 0.15) is 12.3 Å². The molecule has 1 fully saturated rings. The van der Waals surface area contributed by atoms with Crippen LogP contribution in [0.3, 0.4) is 0 Å². The molecule has 0 radical (unpaired) electrons. The highest BCUT2D eigenvalue weighted by molar-refractivity contribution is 5.02. The van der Waals surface area contributed by atoms with Crippen LogP contribution in [-0.2, 0) is 9.47 Å². The molecule has 0 saturated carbocycles. The van der Waals surface area contributed by atoms with Crippen LogP contribution in [0.25, 0.3) is 0 Å². The maximum absolute atomic E-state index is 11.7. The second-order valence-corrected chi connectivity index (χ2v) is 4.37. The van der Waals surface area contributed by atoms with Crippen LogP contribution in [0.15, 0.2) is 15.8 Å². The smallest absolute Gasteiger partial charge is 0.330 e. The molecule has 1 aliphatic heterocycles. The number of aryl methyl sites for hydroxylation is 1. The number of methoxy groups -OCH3 is 1. The molecule has 0 amide bonds. The minimum absolute atomic E-state index is 0.259. The van der Waals surface area contributed by atoms with Crippen molar-refractivity contribution in [2.45, 2.75) is 31.8 Å². The maximum Gasteiger partial charge on any atom is 0.330 e. The molecule has 2 rings (SSSR count). The van der Waals surface area contributed by atoms with E-state index in [1.165, 1.54) is 17.9 Å². The molecular weight excluding hydrogens is 240 g/mol. The molecule has 0 bridgehead atoms. The van der Waals surface area contributed by atoms with Gasteiger partial charge in [0, 0.05) is 25.3 Å². The van der Waals surface area contributed by atoms with E-state index in [0.29, 0.717) is 12.0 Å². The molecule has 0 spiro atoms. The highest BCUT2D eigenvalue weighted by atomic mass is 16.6. The first-order chi connectivity index (χ1) is 8.52. The highest BCUT2D eigenvalue weighted by Crippen LogP contribution is 2.27. The van der Waals surface area contributed by atoms with E-state index in [1.807, 2.05) is 0 Å². The Morgan fingerprint density at radius 2 is 2.33 bits per heavy atom. The summed E-state index contributed by atoms with van der Waals surface area (Å²) >= 11 is 0. The summed E-state index contributed by atoms with van der Waals surface area (Å²) in [7, 11) is 1.51. The summed E-state index contributed by atoms with van der Waals surface area (Å²) in [6, 6.07) is 0. The predicted octanol–water partition coefficient (Wildman–Crippen LogP) is -0.860. The van der Waals surface area contributed by atoms with Crippen molar-refractivity contribution >= 4 is 0 Å². The lowest BCUT2D eigenvalue weighted by molar-refractivity contribution is -0.0547.